The van der Waals surface area contributed by atoms with E-state index in [1.54, 1.807) is 11.3 Å². The van der Waals surface area contributed by atoms with Crippen LogP contribution in [0.5, 0.6) is 5.75 Å². The number of piperazine rings is 1. The monoisotopic (exact) mass is 481 g/mol. The third kappa shape index (κ3) is 5.33. The predicted molar refractivity (Wildman–Crippen MR) is 131 cm³/mol. The number of aromatic amines is 1. The Kier molecular flexibility index (Phi) is 6.68. The zero-order valence-corrected chi connectivity index (χ0v) is 19.7. The van der Waals surface area contributed by atoms with E-state index in [2.05, 4.69) is 35.5 Å². The molecule has 0 unspecified atom stereocenters. The summed E-state index contributed by atoms with van der Waals surface area (Å²) in [5.74, 6) is 0.638. The average molecular weight is 482 g/mol. The van der Waals surface area contributed by atoms with Crippen LogP contribution in [-0.2, 0) is 4.79 Å². The SMILES string of the molecule is Cc1nc2cc(OC[C@H](O)CN3CCN(CC(=O)Nc4cccc5[nH]nnc45)CC3)ccc2s1. The molecular weight excluding hydrogens is 454 g/mol. The van der Waals surface area contributed by atoms with Gasteiger partial charge < -0.3 is 15.2 Å². The third-order valence-corrected chi connectivity index (χ3v) is 6.79. The number of thiazole rings is 1. The molecule has 178 valence electrons. The summed E-state index contributed by atoms with van der Waals surface area (Å²) in [7, 11) is 0. The van der Waals surface area contributed by atoms with Crippen molar-refractivity contribution in [2.45, 2.75) is 13.0 Å². The van der Waals surface area contributed by atoms with E-state index < -0.39 is 6.10 Å². The Hall–Kier alpha value is -3.12. The number of ether oxygens (including phenoxy) is 1. The van der Waals surface area contributed by atoms with Gasteiger partial charge in [-0.3, -0.25) is 19.7 Å². The lowest BCUT2D eigenvalue weighted by molar-refractivity contribution is -0.117. The highest BCUT2D eigenvalue weighted by molar-refractivity contribution is 7.18. The summed E-state index contributed by atoms with van der Waals surface area (Å²) in [6, 6.07) is 11.4. The van der Waals surface area contributed by atoms with Gasteiger partial charge in [-0.1, -0.05) is 11.3 Å². The zero-order chi connectivity index (χ0) is 23.5. The summed E-state index contributed by atoms with van der Waals surface area (Å²) in [6.07, 6.45) is -0.592. The minimum absolute atomic E-state index is 0.0790. The summed E-state index contributed by atoms with van der Waals surface area (Å²) >= 11 is 1.65. The number of hydrogen-bond acceptors (Lipinski definition) is 9. The molecule has 0 aliphatic carbocycles. The molecular formula is C23H27N7O3S. The van der Waals surface area contributed by atoms with Gasteiger partial charge in [0.1, 0.15) is 24.0 Å². The third-order valence-electron chi connectivity index (χ3n) is 5.84. The molecule has 1 saturated heterocycles. The number of aromatic nitrogens is 4. The molecule has 5 rings (SSSR count). The van der Waals surface area contributed by atoms with E-state index in [1.807, 2.05) is 43.3 Å². The Morgan fingerprint density at radius 1 is 1.24 bits per heavy atom. The number of amides is 1. The van der Waals surface area contributed by atoms with Crippen LogP contribution >= 0.6 is 11.3 Å². The molecule has 1 fully saturated rings. The summed E-state index contributed by atoms with van der Waals surface area (Å²) in [5, 5.41) is 25.0. The van der Waals surface area contributed by atoms with E-state index in [0.29, 0.717) is 30.0 Å². The molecule has 1 atom stereocenters. The molecule has 4 aromatic rings. The first kappa shape index (κ1) is 22.7. The standard InChI is InChI=1S/C23H27N7O3S/c1-15-24-20-11-17(5-6-21(20)34-15)33-14-16(31)12-29-7-9-30(10-8-29)13-22(32)25-18-3-2-4-19-23(18)27-28-26-19/h2-6,11,16,31H,7-10,12-14H2,1H3,(H,25,32)(H,26,27,28)/t16-/m1/s1. The van der Waals surface area contributed by atoms with Gasteiger partial charge >= 0.3 is 0 Å². The quantitative estimate of drug-likeness (QED) is 0.349. The number of nitrogens with one attached hydrogen (secondary N) is 2. The number of H-pyrrole nitrogens is 1. The maximum absolute atomic E-state index is 12.5. The number of hydrogen-bond donors (Lipinski definition) is 3. The number of aliphatic hydroxyl groups excluding tert-OH is 1. The first-order chi connectivity index (χ1) is 16.5. The van der Waals surface area contributed by atoms with Crippen LogP contribution in [0, 0.1) is 6.92 Å². The second-order valence-electron chi connectivity index (χ2n) is 8.47. The number of aliphatic hydroxyl groups is 1. The smallest absolute Gasteiger partial charge is 0.238 e. The molecule has 3 N–H and O–H groups in total. The Morgan fingerprint density at radius 2 is 2.06 bits per heavy atom. The molecule has 1 aliphatic rings. The first-order valence-electron chi connectivity index (χ1n) is 11.3. The minimum atomic E-state index is -0.592. The van der Waals surface area contributed by atoms with Crippen molar-refractivity contribution in [1.82, 2.24) is 30.2 Å². The van der Waals surface area contributed by atoms with Gasteiger partial charge in [0.05, 0.1) is 33.0 Å². The van der Waals surface area contributed by atoms with Crippen molar-refractivity contribution in [3.63, 3.8) is 0 Å². The van der Waals surface area contributed by atoms with Crippen LogP contribution in [0.4, 0.5) is 5.69 Å². The van der Waals surface area contributed by atoms with Crippen LogP contribution in [0.1, 0.15) is 5.01 Å². The van der Waals surface area contributed by atoms with Gasteiger partial charge in [0.2, 0.25) is 5.91 Å². The van der Waals surface area contributed by atoms with E-state index in [-0.39, 0.29) is 12.5 Å². The Bertz CT molecular complexity index is 1280. The second-order valence-corrected chi connectivity index (χ2v) is 9.70. The molecule has 11 heteroatoms. The number of β-amino-alcohol motifs (C(OH)–C–C–N with tert-alkyl or cyclic N) is 1. The molecule has 0 bridgehead atoms. The molecule has 1 amide bonds. The number of carbonyl (C=O) groups is 1. The number of rotatable bonds is 8. The molecule has 2 aromatic carbocycles. The Labute approximate surface area is 200 Å². The van der Waals surface area contributed by atoms with Gasteiger partial charge in [-0.25, -0.2) is 4.98 Å². The van der Waals surface area contributed by atoms with Gasteiger partial charge in [-0.05, 0) is 31.2 Å². The second kappa shape index (κ2) is 10.0. The summed E-state index contributed by atoms with van der Waals surface area (Å²) in [4.78, 5) is 21.3. The molecule has 2 aromatic heterocycles. The lowest BCUT2D eigenvalue weighted by atomic mass is 10.2. The van der Waals surface area contributed by atoms with E-state index in [4.69, 9.17) is 4.74 Å². The predicted octanol–water partition coefficient (Wildman–Crippen LogP) is 1.87. The number of anilines is 1. The number of fused-ring (bicyclic) bond motifs is 2. The number of aryl methyl sites for hydroxylation is 1. The lowest BCUT2D eigenvalue weighted by Crippen LogP contribution is -2.50. The summed E-state index contributed by atoms with van der Waals surface area (Å²) in [6.45, 7) is 6.15. The van der Waals surface area contributed by atoms with Gasteiger partial charge in [-0.2, -0.15) is 0 Å². The zero-order valence-electron chi connectivity index (χ0n) is 18.9. The van der Waals surface area contributed by atoms with Crippen LogP contribution < -0.4 is 10.1 Å². The highest BCUT2D eigenvalue weighted by atomic mass is 32.1. The van der Waals surface area contributed by atoms with E-state index in [0.717, 1.165) is 46.9 Å². The molecule has 10 nitrogen and oxygen atoms in total. The van der Waals surface area contributed by atoms with Crippen molar-refractivity contribution in [1.29, 1.82) is 0 Å². The fourth-order valence-corrected chi connectivity index (χ4v) is 4.96. The van der Waals surface area contributed by atoms with Crippen LogP contribution in [0.3, 0.4) is 0 Å². The van der Waals surface area contributed by atoms with Crippen molar-refractivity contribution in [3.05, 3.63) is 41.4 Å². The van der Waals surface area contributed by atoms with Crippen LogP contribution in [0.2, 0.25) is 0 Å². The van der Waals surface area contributed by atoms with Crippen LogP contribution in [-0.4, -0.2) is 93.2 Å². The molecule has 1 aliphatic heterocycles. The Balaban J connectivity index is 1.04. The molecule has 34 heavy (non-hydrogen) atoms. The van der Waals surface area contributed by atoms with Crippen molar-refractivity contribution in [3.8, 4) is 5.75 Å². The highest BCUT2D eigenvalue weighted by Crippen LogP contribution is 2.25. The maximum Gasteiger partial charge on any atom is 0.238 e. The maximum atomic E-state index is 12.5. The minimum Gasteiger partial charge on any atom is -0.491 e. The van der Waals surface area contributed by atoms with Crippen molar-refractivity contribution >= 4 is 44.2 Å². The average Bonchev–Trinajstić information content (AvgIpc) is 3.45. The fraction of sp³-hybridized carbons (Fsp3) is 0.391. The molecule has 0 radical (unpaired) electrons. The normalized spacial score (nSPS) is 16.2. The van der Waals surface area contributed by atoms with E-state index in [1.165, 1.54) is 0 Å². The van der Waals surface area contributed by atoms with E-state index >= 15 is 0 Å². The fourth-order valence-electron chi connectivity index (χ4n) is 4.15. The van der Waals surface area contributed by atoms with Gasteiger partial charge in [0.15, 0.2) is 0 Å². The molecule has 0 saturated carbocycles. The highest BCUT2D eigenvalue weighted by Gasteiger charge is 2.21. The summed E-state index contributed by atoms with van der Waals surface area (Å²) in [5.41, 5.74) is 3.01. The van der Waals surface area contributed by atoms with Crippen molar-refractivity contribution < 1.29 is 14.6 Å². The van der Waals surface area contributed by atoms with Crippen molar-refractivity contribution in [2.75, 3.05) is 51.2 Å². The number of nitrogens with zero attached hydrogens (tertiary/aromatic N) is 5. The van der Waals surface area contributed by atoms with Crippen LogP contribution in [0.25, 0.3) is 21.3 Å². The topological polar surface area (TPSA) is 120 Å². The summed E-state index contributed by atoms with van der Waals surface area (Å²) < 4.78 is 6.93. The van der Waals surface area contributed by atoms with E-state index in [9.17, 15) is 9.90 Å². The number of carbonyl (C=O) groups excluding carboxylic acids is 1. The molecule has 0 spiro atoms. The number of benzene rings is 2. The first-order valence-corrected chi connectivity index (χ1v) is 12.1. The Morgan fingerprint density at radius 3 is 2.91 bits per heavy atom. The van der Waals surface area contributed by atoms with Crippen molar-refractivity contribution in [2.24, 2.45) is 0 Å². The van der Waals surface area contributed by atoms with Gasteiger partial charge in [-0.15, -0.1) is 16.4 Å². The van der Waals surface area contributed by atoms with Gasteiger partial charge in [0.25, 0.3) is 0 Å². The molecule has 3 heterocycles. The lowest BCUT2D eigenvalue weighted by Gasteiger charge is -2.35. The van der Waals surface area contributed by atoms with Gasteiger partial charge in [0, 0.05) is 38.8 Å². The largest absolute Gasteiger partial charge is 0.491 e. The van der Waals surface area contributed by atoms with Crippen LogP contribution in [0.15, 0.2) is 36.4 Å².